The molecular weight excluding hydrogens is 376 g/mol. The van der Waals surface area contributed by atoms with Gasteiger partial charge in [0.05, 0.1) is 12.6 Å². The SMILES string of the molecule is CC(NC(=O)CN(C)Cc1ccccc1Cl)c1ccc(Br)cc1. The maximum atomic E-state index is 12.2. The Morgan fingerprint density at radius 2 is 1.87 bits per heavy atom. The molecule has 1 N–H and O–H groups in total. The molecule has 0 spiro atoms. The number of nitrogens with zero attached hydrogens (tertiary/aromatic N) is 1. The van der Waals surface area contributed by atoms with Crippen LogP contribution in [0.15, 0.2) is 53.0 Å². The first-order valence-corrected chi connectivity index (χ1v) is 8.59. The molecule has 0 fully saturated rings. The molecule has 5 heteroatoms. The molecule has 1 amide bonds. The van der Waals surface area contributed by atoms with Gasteiger partial charge in [0.1, 0.15) is 0 Å². The molecule has 3 nitrogen and oxygen atoms in total. The van der Waals surface area contributed by atoms with E-state index in [-0.39, 0.29) is 11.9 Å². The molecule has 2 aromatic rings. The molecule has 0 saturated heterocycles. The van der Waals surface area contributed by atoms with E-state index in [1.54, 1.807) is 0 Å². The van der Waals surface area contributed by atoms with Gasteiger partial charge < -0.3 is 5.32 Å². The fourth-order valence-corrected chi connectivity index (χ4v) is 2.80. The van der Waals surface area contributed by atoms with Gasteiger partial charge in [-0.25, -0.2) is 0 Å². The van der Waals surface area contributed by atoms with E-state index in [1.165, 1.54) is 0 Å². The van der Waals surface area contributed by atoms with E-state index >= 15 is 0 Å². The Morgan fingerprint density at radius 3 is 2.52 bits per heavy atom. The van der Waals surface area contributed by atoms with Gasteiger partial charge in [-0.05, 0) is 43.3 Å². The Labute approximate surface area is 150 Å². The summed E-state index contributed by atoms with van der Waals surface area (Å²) in [6.45, 7) is 2.95. The minimum atomic E-state index is -0.0238. The topological polar surface area (TPSA) is 32.3 Å². The van der Waals surface area contributed by atoms with Crippen LogP contribution < -0.4 is 5.32 Å². The van der Waals surface area contributed by atoms with Gasteiger partial charge in [0, 0.05) is 16.0 Å². The first-order valence-electron chi connectivity index (χ1n) is 7.42. The van der Waals surface area contributed by atoms with Crippen molar-refractivity contribution in [2.45, 2.75) is 19.5 Å². The molecule has 0 saturated carbocycles. The smallest absolute Gasteiger partial charge is 0.234 e. The first-order chi connectivity index (χ1) is 11.0. The van der Waals surface area contributed by atoms with E-state index in [1.807, 2.05) is 67.4 Å². The van der Waals surface area contributed by atoms with Crippen molar-refractivity contribution in [1.82, 2.24) is 10.2 Å². The largest absolute Gasteiger partial charge is 0.348 e. The lowest BCUT2D eigenvalue weighted by Gasteiger charge is -2.20. The van der Waals surface area contributed by atoms with E-state index in [9.17, 15) is 4.79 Å². The maximum absolute atomic E-state index is 12.2. The summed E-state index contributed by atoms with van der Waals surface area (Å²) in [4.78, 5) is 14.1. The summed E-state index contributed by atoms with van der Waals surface area (Å²) in [5.74, 6) is -0.00466. The van der Waals surface area contributed by atoms with Crippen molar-refractivity contribution in [3.05, 3.63) is 69.2 Å². The van der Waals surface area contributed by atoms with Gasteiger partial charge in [0.15, 0.2) is 0 Å². The molecule has 0 aliphatic heterocycles. The number of benzene rings is 2. The molecular formula is C18H20BrClN2O. The van der Waals surface area contributed by atoms with Gasteiger partial charge in [0.2, 0.25) is 5.91 Å². The van der Waals surface area contributed by atoms with Crippen LogP contribution in [0.1, 0.15) is 24.1 Å². The molecule has 2 aromatic carbocycles. The minimum Gasteiger partial charge on any atom is -0.348 e. The van der Waals surface area contributed by atoms with Crippen LogP contribution in [0, 0.1) is 0 Å². The summed E-state index contributed by atoms with van der Waals surface area (Å²) in [7, 11) is 1.91. The average Bonchev–Trinajstić information content (AvgIpc) is 2.50. The summed E-state index contributed by atoms with van der Waals surface area (Å²) in [6, 6.07) is 15.6. The number of amides is 1. The van der Waals surface area contributed by atoms with Crippen LogP contribution in [0.25, 0.3) is 0 Å². The molecule has 0 aliphatic carbocycles. The number of halogens is 2. The highest BCUT2D eigenvalue weighted by molar-refractivity contribution is 9.10. The summed E-state index contributed by atoms with van der Waals surface area (Å²) >= 11 is 9.56. The zero-order valence-electron chi connectivity index (χ0n) is 13.2. The van der Waals surface area contributed by atoms with E-state index in [4.69, 9.17) is 11.6 Å². The second kappa shape index (κ2) is 8.48. The highest BCUT2D eigenvalue weighted by Gasteiger charge is 2.12. The Balaban J connectivity index is 1.86. The van der Waals surface area contributed by atoms with Crippen LogP contribution in [0.5, 0.6) is 0 Å². The predicted molar refractivity (Wildman–Crippen MR) is 98.5 cm³/mol. The third-order valence-corrected chi connectivity index (χ3v) is 4.46. The van der Waals surface area contributed by atoms with E-state index in [0.29, 0.717) is 13.1 Å². The molecule has 0 aromatic heterocycles. The summed E-state index contributed by atoms with van der Waals surface area (Å²) in [5.41, 5.74) is 2.10. The first kappa shape index (κ1) is 18.0. The van der Waals surface area contributed by atoms with Gasteiger partial charge in [-0.2, -0.15) is 0 Å². The minimum absolute atomic E-state index is 0.00466. The van der Waals surface area contributed by atoms with Crippen molar-refractivity contribution in [3.8, 4) is 0 Å². The Hall–Kier alpha value is -1.36. The highest BCUT2D eigenvalue weighted by atomic mass is 79.9. The number of hydrogen-bond acceptors (Lipinski definition) is 2. The summed E-state index contributed by atoms with van der Waals surface area (Å²) in [6.07, 6.45) is 0. The monoisotopic (exact) mass is 394 g/mol. The number of likely N-dealkylation sites (N-methyl/N-ethyl adjacent to an activating group) is 1. The van der Waals surface area contributed by atoms with Crippen molar-refractivity contribution in [1.29, 1.82) is 0 Å². The lowest BCUT2D eigenvalue weighted by Crippen LogP contribution is -2.36. The Morgan fingerprint density at radius 1 is 1.22 bits per heavy atom. The molecule has 0 bridgehead atoms. The van der Waals surface area contributed by atoms with Crippen LogP contribution in [0.4, 0.5) is 0 Å². The van der Waals surface area contributed by atoms with Crippen molar-refractivity contribution < 1.29 is 4.79 Å². The number of nitrogens with one attached hydrogen (secondary N) is 1. The molecule has 0 heterocycles. The third-order valence-electron chi connectivity index (χ3n) is 3.56. The summed E-state index contributed by atoms with van der Waals surface area (Å²) < 4.78 is 1.03. The second-order valence-electron chi connectivity index (χ2n) is 5.60. The van der Waals surface area contributed by atoms with Gasteiger partial charge in [0.25, 0.3) is 0 Å². The van der Waals surface area contributed by atoms with Crippen LogP contribution in [0.3, 0.4) is 0 Å². The zero-order valence-corrected chi connectivity index (χ0v) is 15.6. The molecule has 0 radical (unpaired) electrons. The quantitative estimate of drug-likeness (QED) is 0.785. The fraction of sp³-hybridized carbons (Fsp3) is 0.278. The number of hydrogen-bond donors (Lipinski definition) is 1. The van der Waals surface area contributed by atoms with E-state index in [2.05, 4.69) is 21.2 Å². The molecule has 23 heavy (non-hydrogen) atoms. The molecule has 2 rings (SSSR count). The van der Waals surface area contributed by atoms with Crippen molar-refractivity contribution in [2.24, 2.45) is 0 Å². The number of rotatable bonds is 6. The Bertz CT molecular complexity index is 660. The van der Waals surface area contributed by atoms with Crippen LogP contribution in [-0.2, 0) is 11.3 Å². The third kappa shape index (κ3) is 5.65. The fourth-order valence-electron chi connectivity index (χ4n) is 2.34. The van der Waals surface area contributed by atoms with Crippen LogP contribution in [0.2, 0.25) is 5.02 Å². The lowest BCUT2D eigenvalue weighted by atomic mass is 10.1. The maximum Gasteiger partial charge on any atom is 0.234 e. The zero-order chi connectivity index (χ0) is 16.8. The average molecular weight is 396 g/mol. The van der Waals surface area contributed by atoms with Crippen LogP contribution >= 0.6 is 27.5 Å². The molecule has 122 valence electrons. The van der Waals surface area contributed by atoms with E-state index < -0.39 is 0 Å². The van der Waals surface area contributed by atoms with Gasteiger partial charge in [-0.15, -0.1) is 0 Å². The van der Waals surface area contributed by atoms with Crippen molar-refractivity contribution >= 4 is 33.4 Å². The predicted octanol–water partition coefficient (Wildman–Crippen LogP) is 4.41. The standard InChI is InChI=1S/C18H20BrClN2O/c1-13(14-7-9-16(19)10-8-14)21-18(23)12-22(2)11-15-5-3-4-6-17(15)20/h3-10,13H,11-12H2,1-2H3,(H,21,23). The number of carbonyl (C=O) groups is 1. The Kier molecular flexibility index (Phi) is 6.63. The molecule has 0 aliphatic rings. The van der Waals surface area contributed by atoms with Gasteiger partial charge in [-0.1, -0.05) is 57.9 Å². The summed E-state index contributed by atoms with van der Waals surface area (Å²) in [5, 5.41) is 3.74. The molecule has 1 atom stereocenters. The highest BCUT2D eigenvalue weighted by Crippen LogP contribution is 2.17. The number of carbonyl (C=O) groups excluding carboxylic acids is 1. The van der Waals surface area contributed by atoms with Crippen molar-refractivity contribution in [2.75, 3.05) is 13.6 Å². The second-order valence-corrected chi connectivity index (χ2v) is 6.93. The molecule has 1 unspecified atom stereocenters. The van der Waals surface area contributed by atoms with E-state index in [0.717, 1.165) is 20.6 Å². The van der Waals surface area contributed by atoms with Crippen LogP contribution in [-0.4, -0.2) is 24.4 Å². The van der Waals surface area contributed by atoms with Gasteiger partial charge >= 0.3 is 0 Å². The van der Waals surface area contributed by atoms with Crippen molar-refractivity contribution in [3.63, 3.8) is 0 Å². The van der Waals surface area contributed by atoms with Gasteiger partial charge in [-0.3, -0.25) is 9.69 Å². The lowest BCUT2D eigenvalue weighted by molar-refractivity contribution is -0.122. The normalized spacial score (nSPS) is 12.2.